The van der Waals surface area contributed by atoms with Crippen LogP contribution >= 0.6 is 23.4 Å². The Morgan fingerprint density at radius 1 is 1.33 bits per heavy atom. The van der Waals surface area contributed by atoms with E-state index in [1.807, 2.05) is 38.1 Å². The quantitative estimate of drug-likeness (QED) is 0.687. The molecule has 6 nitrogen and oxygen atoms in total. The topological polar surface area (TPSA) is 69.6 Å². The smallest absolute Gasteiger partial charge is 0.214 e. The minimum absolute atomic E-state index is 0.643. The molecule has 0 spiro atoms. The van der Waals surface area contributed by atoms with E-state index in [0.29, 0.717) is 15.9 Å². The molecule has 0 aliphatic carbocycles. The lowest BCUT2D eigenvalue weighted by Gasteiger charge is -2.04. The zero-order valence-corrected chi connectivity index (χ0v) is 13.0. The molecule has 8 heteroatoms. The number of tetrazole rings is 1. The van der Waals surface area contributed by atoms with Crippen molar-refractivity contribution in [1.82, 2.24) is 25.4 Å². The summed E-state index contributed by atoms with van der Waals surface area (Å²) < 4.78 is 6.82. The molecule has 0 saturated heterocycles. The number of thioether (sulfide) groups is 1. The van der Waals surface area contributed by atoms with Crippen LogP contribution in [-0.2, 0) is 5.75 Å². The van der Waals surface area contributed by atoms with Gasteiger partial charge in [-0.15, -0.1) is 5.10 Å². The Labute approximate surface area is 130 Å². The van der Waals surface area contributed by atoms with E-state index in [2.05, 4.69) is 20.7 Å². The number of hydrogen-bond donors (Lipinski definition) is 0. The summed E-state index contributed by atoms with van der Waals surface area (Å²) in [7, 11) is 0. The Balaban J connectivity index is 1.83. The molecule has 0 fully saturated rings. The summed E-state index contributed by atoms with van der Waals surface area (Å²) in [4.78, 5) is 0. The first-order valence-corrected chi connectivity index (χ1v) is 7.60. The molecule has 2 heterocycles. The minimum Gasteiger partial charge on any atom is -0.361 e. The van der Waals surface area contributed by atoms with E-state index >= 15 is 0 Å². The summed E-state index contributed by atoms with van der Waals surface area (Å²) in [5, 5.41) is 17.1. The molecule has 108 valence electrons. The Morgan fingerprint density at radius 3 is 2.90 bits per heavy atom. The minimum atomic E-state index is 0.643. The summed E-state index contributed by atoms with van der Waals surface area (Å²) in [6.07, 6.45) is 0. The molecule has 3 rings (SSSR count). The van der Waals surface area contributed by atoms with E-state index in [9.17, 15) is 0 Å². The van der Waals surface area contributed by atoms with Crippen LogP contribution in [0.1, 0.15) is 17.0 Å². The number of benzene rings is 1. The predicted molar refractivity (Wildman–Crippen MR) is 79.7 cm³/mol. The average molecular weight is 322 g/mol. The van der Waals surface area contributed by atoms with Crippen molar-refractivity contribution in [3.05, 3.63) is 46.3 Å². The van der Waals surface area contributed by atoms with E-state index in [-0.39, 0.29) is 0 Å². The number of halogens is 1. The zero-order chi connectivity index (χ0) is 14.8. The maximum absolute atomic E-state index is 6.00. The van der Waals surface area contributed by atoms with E-state index in [1.54, 1.807) is 4.68 Å². The fourth-order valence-electron chi connectivity index (χ4n) is 1.88. The van der Waals surface area contributed by atoms with Gasteiger partial charge in [0, 0.05) is 16.3 Å². The van der Waals surface area contributed by atoms with Crippen LogP contribution in [0.5, 0.6) is 0 Å². The molecule has 0 atom stereocenters. The molecule has 3 aromatic rings. The van der Waals surface area contributed by atoms with Gasteiger partial charge >= 0.3 is 0 Å². The highest BCUT2D eigenvalue weighted by Gasteiger charge is 2.13. The molecule has 0 N–H and O–H groups in total. The average Bonchev–Trinajstić information content (AvgIpc) is 3.05. The molecule has 0 radical (unpaired) electrons. The largest absolute Gasteiger partial charge is 0.361 e. The van der Waals surface area contributed by atoms with Crippen molar-refractivity contribution in [1.29, 1.82) is 0 Å². The van der Waals surface area contributed by atoms with Crippen LogP contribution in [0.25, 0.3) is 5.69 Å². The second-order valence-electron chi connectivity index (χ2n) is 4.44. The van der Waals surface area contributed by atoms with Gasteiger partial charge in [0.05, 0.1) is 11.4 Å². The van der Waals surface area contributed by atoms with E-state index in [1.165, 1.54) is 11.8 Å². The van der Waals surface area contributed by atoms with Gasteiger partial charge < -0.3 is 4.52 Å². The Hall–Kier alpha value is -1.86. The first-order chi connectivity index (χ1) is 10.1. The van der Waals surface area contributed by atoms with Gasteiger partial charge in [-0.25, -0.2) is 0 Å². The van der Waals surface area contributed by atoms with Crippen LogP contribution < -0.4 is 0 Å². The monoisotopic (exact) mass is 321 g/mol. The molecule has 0 saturated carbocycles. The lowest BCUT2D eigenvalue weighted by atomic mass is 10.2. The fraction of sp³-hybridized carbons (Fsp3) is 0.231. The molecule has 0 amide bonds. The van der Waals surface area contributed by atoms with Crippen LogP contribution in [0.4, 0.5) is 0 Å². The van der Waals surface area contributed by atoms with Gasteiger partial charge in [-0.1, -0.05) is 34.6 Å². The van der Waals surface area contributed by atoms with Gasteiger partial charge in [-0.2, -0.15) is 4.68 Å². The van der Waals surface area contributed by atoms with Crippen LogP contribution in [0.2, 0.25) is 5.02 Å². The molecule has 21 heavy (non-hydrogen) atoms. The van der Waals surface area contributed by atoms with Crippen LogP contribution in [0.15, 0.2) is 33.9 Å². The predicted octanol–water partition coefficient (Wildman–Crippen LogP) is 3.21. The van der Waals surface area contributed by atoms with Gasteiger partial charge in [0.1, 0.15) is 5.76 Å². The number of aryl methyl sites for hydroxylation is 2. The maximum Gasteiger partial charge on any atom is 0.214 e. The second kappa shape index (κ2) is 5.87. The van der Waals surface area contributed by atoms with Gasteiger partial charge in [-0.05, 0) is 42.5 Å². The third-order valence-corrected chi connectivity index (χ3v) is 4.20. The summed E-state index contributed by atoms with van der Waals surface area (Å²) in [6.45, 7) is 3.82. The van der Waals surface area contributed by atoms with Gasteiger partial charge in [-0.3, -0.25) is 0 Å². The van der Waals surface area contributed by atoms with Crippen molar-refractivity contribution in [2.45, 2.75) is 24.8 Å². The fourth-order valence-corrected chi connectivity index (χ4v) is 3.11. The van der Waals surface area contributed by atoms with E-state index in [4.69, 9.17) is 16.1 Å². The van der Waals surface area contributed by atoms with Gasteiger partial charge in [0.25, 0.3) is 0 Å². The molecule has 0 aliphatic rings. The second-order valence-corrected chi connectivity index (χ2v) is 5.82. The molecule has 0 aliphatic heterocycles. The van der Waals surface area contributed by atoms with Crippen molar-refractivity contribution in [3.8, 4) is 5.69 Å². The van der Waals surface area contributed by atoms with Crippen molar-refractivity contribution in [2.75, 3.05) is 0 Å². The first kappa shape index (κ1) is 14.1. The molecule has 0 bridgehead atoms. The SMILES string of the molecule is Cc1noc(C)c1CSc1nnnn1-c1cccc(Cl)c1. The van der Waals surface area contributed by atoms with E-state index < -0.39 is 0 Å². The Bertz CT molecular complexity index is 750. The standard InChI is InChI=1S/C13H12ClN5OS/c1-8-12(9(2)20-16-8)7-21-13-15-17-18-19(13)11-5-3-4-10(14)6-11/h3-6H,7H2,1-2H3. The van der Waals surface area contributed by atoms with Gasteiger partial charge in [0.2, 0.25) is 5.16 Å². The lowest BCUT2D eigenvalue weighted by Crippen LogP contribution is -1.99. The molecule has 2 aromatic heterocycles. The highest BCUT2D eigenvalue weighted by Crippen LogP contribution is 2.26. The van der Waals surface area contributed by atoms with Crippen molar-refractivity contribution < 1.29 is 4.52 Å². The van der Waals surface area contributed by atoms with Crippen LogP contribution in [0, 0.1) is 13.8 Å². The highest BCUT2D eigenvalue weighted by molar-refractivity contribution is 7.98. The summed E-state index contributed by atoms with van der Waals surface area (Å²) in [6, 6.07) is 7.40. The molecular formula is C13H12ClN5OS. The maximum atomic E-state index is 6.00. The van der Waals surface area contributed by atoms with Crippen molar-refractivity contribution in [2.24, 2.45) is 0 Å². The lowest BCUT2D eigenvalue weighted by molar-refractivity contribution is 0.392. The van der Waals surface area contributed by atoms with Gasteiger partial charge in [0.15, 0.2) is 0 Å². The molecule has 1 aromatic carbocycles. The Morgan fingerprint density at radius 2 is 2.19 bits per heavy atom. The van der Waals surface area contributed by atoms with Crippen molar-refractivity contribution in [3.63, 3.8) is 0 Å². The normalized spacial score (nSPS) is 11.0. The zero-order valence-electron chi connectivity index (χ0n) is 11.4. The number of rotatable bonds is 4. The number of hydrogen-bond acceptors (Lipinski definition) is 6. The third kappa shape index (κ3) is 2.93. The number of aromatic nitrogens is 5. The first-order valence-electron chi connectivity index (χ1n) is 6.24. The summed E-state index contributed by atoms with van der Waals surface area (Å²) >= 11 is 7.53. The summed E-state index contributed by atoms with van der Waals surface area (Å²) in [5.74, 6) is 1.52. The van der Waals surface area contributed by atoms with Crippen LogP contribution in [0.3, 0.4) is 0 Å². The highest BCUT2D eigenvalue weighted by atomic mass is 35.5. The summed E-state index contributed by atoms with van der Waals surface area (Å²) in [5.41, 5.74) is 2.79. The Kier molecular flexibility index (Phi) is 3.94. The third-order valence-electron chi connectivity index (χ3n) is 3.02. The van der Waals surface area contributed by atoms with Crippen molar-refractivity contribution >= 4 is 23.4 Å². The number of nitrogens with zero attached hydrogens (tertiary/aromatic N) is 5. The molecular weight excluding hydrogens is 310 g/mol. The van der Waals surface area contributed by atoms with Crippen LogP contribution in [-0.4, -0.2) is 25.4 Å². The van der Waals surface area contributed by atoms with E-state index in [0.717, 1.165) is 22.7 Å². The molecule has 0 unspecified atom stereocenters.